The van der Waals surface area contributed by atoms with Crippen LogP contribution < -0.4 is 16.4 Å². The van der Waals surface area contributed by atoms with Crippen LogP contribution in [-0.4, -0.2) is 31.7 Å². The fourth-order valence-electron chi connectivity index (χ4n) is 1.99. The van der Waals surface area contributed by atoms with Crippen LogP contribution in [0.5, 0.6) is 0 Å². The van der Waals surface area contributed by atoms with Gasteiger partial charge in [-0.2, -0.15) is 5.10 Å². The fourth-order valence-corrected chi connectivity index (χ4v) is 2.87. The highest BCUT2D eigenvalue weighted by Gasteiger charge is 2.21. The molecule has 4 N–H and O–H groups in total. The molecule has 3 rings (SSSR count). The second-order valence-electron chi connectivity index (χ2n) is 5.02. The first kappa shape index (κ1) is 13.8. The minimum atomic E-state index is -0.251. The van der Waals surface area contributed by atoms with E-state index in [9.17, 15) is 4.79 Å². The number of nitrogen functional groups attached to an aromatic ring is 1. The molecule has 9 heteroatoms. The fraction of sp³-hybridized carbons (Fsp3) is 0.500. The Morgan fingerprint density at radius 2 is 2.38 bits per heavy atom. The first-order valence-electron chi connectivity index (χ1n) is 6.77. The summed E-state index contributed by atoms with van der Waals surface area (Å²) in [6.45, 7) is 0.266. The molecule has 0 radical (unpaired) electrons. The molecule has 2 aromatic rings. The Labute approximate surface area is 125 Å². The van der Waals surface area contributed by atoms with E-state index in [1.807, 2.05) is 0 Å². The number of thiazole rings is 1. The van der Waals surface area contributed by atoms with Crippen molar-refractivity contribution >= 4 is 28.2 Å². The Kier molecular flexibility index (Phi) is 3.74. The summed E-state index contributed by atoms with van der Waals surface area (Å²) < 4.78 is 1.59. The van der Waals surface area contributed by atoms with Gasteiger partial charge in [-0.3, -0.25) is 9.48 Å². The number of nitrogens with two attached hydrogens (primary N) is 1. The maximum atomic E-state index is 12.1. The standard InChI is InChI=1S/C12H17N7OS/c1-19-6-15-8(18-19)5-14-11(20)9-10(13)17-12(21-9)16-7-3-2-4-7/h6-7H,2-5,13H2,1H3,(H,14,20)(H,16,17). The van der Waals surface area contributed by atoms with Crippen molar-refractivity contribution in [2.24, 2.45) is 7.05 Å². The zero-order chi connectivity index (χ0) is 14.8. The van der Waals surface area contributed by atoms with E-state index in [2.05, 4.69) is 25.7 Å². The van der Waals surface area contributed by atoms with Gasteiger partial charge in [0.25, 0.3) is 5.91 Å². The van der Waals surface area contributed by atoms with Crippen LogP contribution in [0.1, 0.15) is 34.8 Å². The summed E-state index contributed by atoms with van der Waals surface area (Å²) >= 11 is 1.28. The van der Waals surface area contributed by atoms with Gasteiger partial charge in [0, 0.05) is 13.1 Å². The number of nitrogens with zero attached hydrogens (tertiary/aromatic N) is 4. The Morgan fingerprint density at radius 1 is 1.57 bits per heavy atom. The topological polar surface area (TPSA) is 111 Å². The van der Waals surface area contributed by atoms with Crippen LogP contribution in [0.3, 0.4) is 0 Å². The smallest absolute Gasteiger partial charge is 0.265 e. The van der Waals surface area contributed by atoms with Gasteiger partial charge in [0.2, 0.25) is 0 Å². The summed E-state index contributed by atoms with van der Waals surface area (Å²) in [7, 11) is 1.78. The lowest BCUT2D eigenvalue weighted by Gasteiger charge is -2.25. The molecule has 0 spiro atoms. The largest absolute Gasteiger partial charge is 0.382 e. The van der Waals surface area contributed by atoms with E-state index in [1.54, 1.807) is 18.1 Å². The molecule has 0 aromatic carbocycles. The zero-order valence-corrected chi connectivity index (χ0v) is 12.5. The van der Waals surface area contributed by atoms with Gasteiger partial charge in [-0.1, -0.05) is 11.3 Å². The third kappa shape index (κ3) is 3.13. The van der Waals surface area contributed by atoms with Gasteiger partial charge >= 0.3 is 0 Å². The first-order valence-corrected chi connectivity index (χ1v) is 7.59. The normalized spacial score (nSPS) is 14.7. The predicted octanol–water partition coefficient (Wildman–Crippen LogP) is 0.748. The average Bonchev–Trinajstić information content (AvgIpc) is 2.97. The van der Waals surface area contributed by atoms with Gasteiger partial charge in [0.15, 0.2) is 11.0 Å². The number of hydrogen-bond donors (Lipinski definition) is 3. The summed E-state index contributed by atoms with van der Waals surface area (Å²) in [5, 5.41) is 10.8. The summed E-state index contributed by atoms with van der Waals surface area (Å²) in [6, 6.07) is 0.462. The van der Waals surface area contributed by atoms with E-state index in [0.29, 0.717) is 21.9 Å². The third-order valence-corrected chi connectivity index (χ3v) is 4.35. The first-order chi connectivity index (χ1) is 10.1. The number of hydrogen-bond acceptors (Lipinski definition) is 7. The third-order valence-electron chi connectivity index (χ3n) is 3.35. The van der Waals surface area contributed by atoms with Gasteiger partial charge in [-0.15, -0.1) is 0 Å². The van der Waals surface area contributed by atoms with E-state index in [-0.39, 0.29) is 18.3 Å². The van der Waals surface area contributed by atoms with Crippen molar-refractivity contribution in [2.75, 3.05) is 11.1 Å². The van der Waals surface area contributed by atoms with Crippen molar-refractivity contribution in [2.45, 2.75) is 31.8 Å². The summed E-state index contributed by atoms with van der Waals surface area (Å²) in [6.07, 6.45) is 5.12. The van der Waals surface area contributed by atoms with Gasteiger partial charge in [-0.25, -0.2) is 9.97 Å². The molecule has 0 aliphatic heterocycles. The molecule has 0 bridgehead atoms. The van der Waals surface area contributed by atoms with Gasteiger partial charge in [0.1, 0.15) is 17.0 Å². The maximum absolute atomic E-state index is 12.1. The quantitative estimate of drug-likeness (QED) is 0.751. The molecule has 2 heterocycles. The lowest BCUT2D eigenvalue weighted by Crippen LogP contribution is -2.26. The monoisotopic (exact) mass is 307 g/mol. The van der Waals surface area contributed by atoms with Crippen LogP contribution in [-0.2, 0) is 13.6 Å². The summed E-state index contributed by atoms with van der Waals surface area (Å²) in [5.41, 5.74) is 5.81. The molecule has 1 fully saturated rings. The maximum Gasteiger partial charge on any atom is 0.265 e. The minimum Gasteiger partial charge on any atom is -0.382 e. The SMILES string of the molecule is Cn1cnc(CNC(=O)c2sc(NC3CCC3)nc2N)n1. The highest BCUT2D eigenvalue weighted by molar-refractivity contribution is 7.18. The number of nitrogens with one attached hydrogen (secondary N) is 2. The molecular formula is C12H17N7OS. The number of amides is 1. The minimum absolute atomic E-state index is 0.251. The Bertz CT molecular complexity index is 646. The Balaban J connectivity index is 1.60. The van der Waals surface area contributed by atoms with Crippen LogP contribution in [0.2, 0.25) is 0 Å². The zero-order valence-electron chi connectivity index (χ0n) is 11.7. The molecule has 0 unspecified atom stereocenters. The van der Waals surface area contributed by atoms with Crippen LogP contribution >= 0.6 is 11.3 Å². The number of aromatic nitrogens is 4. The average molecular weight is 307 g/mol. The van der Waals surface area contributed by atoms with Crippen molar-refractivity contribution in [3.8, 4) is 0 Å². The second kappa shape index (κ2) is 5.68. The van der Waals surface area contributed by atoms with Crippen LogP contribution in [0, 0.1) is 0 Å². The number of aryl methyl sites for hydroxylation is 1. The van der Waals surface area contributed by atoms with Crippen molar-refractivity contribution in [3.05, 3.63) is 17.0 Å². The highest BCUT2D eigenvalue weighted by atomic mass is 32.1. The molecule has 112 valence electrons. The molecule has 1 amide bonds. The number of carbonyl (C=O) groups is 1. The van der Waals surface area contributed by atoms with E-state index < -0.39 is 0 Å². The molecule has 8 nitrogen and oxygen atoms in total. The van der Waals surface area contributed by atoms with E-state index in [1.165, 1.54) is 17.8 Å². The molecule has 0 atom stereocenters. The number of carbonyl (C=O) groups excluding carboxylic acids is 1. The molecular weight excluding hydrogens is 290 g/mol. The van der Waals surface area contributed by atoms with E-state index in [4.69, 9.17) is 5.73 Å². The lowest BCUT2D eigenvalue weighted by molar-refractivity contribution is 0.0954. The molecule has 21 heavy (non-hydrogen) atoms. The Morgan fingerprint density at radius 3 is 3.00 bits per heavy atom. The summed E-state index contributed by atoms with van der Waals surface area (Å²) in [4.78, 5) is 20.8. The highest BCUT2D eigenvalue weighted by Crippen LogP contribution is 2.29. The van der Waals surface area contributed by atoms with Crippen molar-refractivity contribution in [1.29, 1.82) is 0 Å². The van der Waals surface area contributed by atoms with Gasteiger partial charge in [0.05, 0.1) is 6.54 Å². The second-order valence-corrected chi connectivity index (χ2v) is 6.02. The van der Waals surface area contributed by atoms with E-state index in [0.717, 1.165) is 12.8 Å². The van der Waals surface area contributed by atoms with E-state index >= 15 is 0 Å². The predicted molar refractivity (Wildman–Crippen MR) is 80.0 cm³/mol. The van der Waals surface area contributed by atoms with Crippen molar-refractivity contribution in [1.82, 2.24) is 25.1 Å². The number of anilines is 2. The molecule has 0 saturated heterocycles. The van der Waals surface area contributed by atoms with Crippen molar-refractivity contribution < 1.29 is 4.79 Å². The summed E-state index contributed by atoms with van der Waals surface area (Å²) in [5.74, 6) is 0.564. The van der Waals surface area contributed by atoms with Gasteiger partial charge in [-0.05, 0) is 19.3 Å². The lowest BCUT2D eigenvalue weighted by atomic mass is 9.93. The molecule has 1 saturated carbocycles. The molecule has 1 aliphatic rings. The molecule has 2 aromatic heterocycles. The van der Waals surface area contributed by atoms with Crippen LogP contribution in [0.15, 0.2) is 6.33 Å². The number of rotatable bonds is 5. The molecule has 1 aliphatic carbocycles. The Hall–Kier alpha value is -2.16. The van der Waals surface area contributed by atoms with Crippen molar-refractivity contribution in [3.63, 3.8) is 0 Å². The van der Waals surface area contributed by atoms with Gasteiger partial charge < -0.3 is 16.4 Å². The van der Waals surface area contributed by atoms with Crippen LogP contribution in [0.4, 0.5) is 10.9 Å². The van der Waals surface area contributed by atoms with Crippen LogP contribution in [0.25, 0.3) is 0 Å².